The van der Waals surface area contributed by atoms with Gasteiger partial charge in [0.15, 0.2) is 0 Å². The summed E-state index contributed by atoms with van der Waals surface area (Å²) in [7, 11) is 1.61. The van der Waals surface area contributed by atoms with Crippen LogP contribution >= 0.6 is 0 Å². The molecule has 2 heterocycles. The van der Waals surface area contributed by atoms with Crippen LogP contribution in [0.5, 0.6) is 0 Å². The maximum absolute atomic E-state index is 13.5. The molecule has 1 aromatic carbocycles. The lowest BCUT2D eigenvalue weighted by atomic mass is 9.71. The number of alkyl halides is 3. The first kappa shape index (κ1) is 23.8. The Morgan fingerprint density at radius 2 is 1.97 bits per heavy atom. The first-order chi connectivity index (χ1) is 15.8. The third kappa shape index (κ3) is 5.12. The summed E-state index contributed by atoms with van der Waals surface area (Å²) in [4.78, 5) is 16.5. The number of likely N-dealkylation sites (tertiary alicyclic amines) is 1. The fourth-order valence-corrected chi connectivity index (χ4v) is 5.22. The molecule has 0 radical (unpaired) electrons. The second kappa shape index (κ2) is 9.51. The van der Waals surface area contributed by atoms with Gasteiger partial charge >= 0.3 is 6.18 Å². The topological polar surface area (TPSA) is 65.8 Å². The molecule has 6 nitrogen and oxygen atoms in total. The lowest BCUT2D eigenvalue weighted by molar-refractivity contribution is -0.138. The van der Waals surface area contributed by atoms with Crippen molar-refractivity contribution in [2.24, 2.45) is 17.3 Å². The van der Waals surface area contributed by atoms with E-state index >= 15 is 0 Å². The monoisotopic (exact) mass is 465 g/mol. The molecule has 0 N–H and O–H groups in total. The van der Waals surface area contributed by atoms with Crippen LogP contribution in [0.3, 0.4) is 0 Å². The van der Waals surface area contributed by atoms with Crippen LogP contribution < -0.4 is 4.90 Å². The van der Waals surface area contributed by atoms with Crippen LogP contribution in [0.15, 0.2) is 18.2 Å². The standard InChI is InChI=1S/C24H30F3N3O3/c1-32-10-11-33-15-19-14-30(20-5-4-18(13-28)21(12-20)24(25,26)27)16-23(19)6-8-29(9-7-23)22(31)17-2-3-17/h4-5,12,17,19H,2-3,6-11,14-16H2,1H3. The van der Waals surface area contributed by atoms with Crippen molar-refractivity contribution in [1.82, 2.24) is 4.90 Å². The Morgan fingerprint density at radius 1 is 1.24 bits per heavy atom. The molecule has 1 unspecified atom stereocenters. The zero-order valence-electron chi connectivity index (χ0n) is 18.9. The van der Waals surface area contributed by atoms with E-state index in [0.29, 0.717) is 51.7 Å². The predicted molar refractivity (Wildman–Crippen MR) is 116 cm³/mol. The van der Waals surface area contributed by atoms with Crippen LogP contribution in [-0.4, -0.2) is 63.9 Å². The summed E-state index contributed by atoms with van der Waals surface area (Å²) in [5, 5.41) is 9.11. The Bertz CT molecular complexity index is 902. The van der Waals surface area contributed by atoms with Gasteiger partial charge in [-0.2, -0.15) is 18.4 Å². The third-order valence-corrected chi connectivity index (χ3v) is 7.36. The lowest BCUT2D eigenvalue weighted by Gasteiger charge is -2.42. The molecule has 3 aliphatic rings. The number of nitrogens with zero attached hydrogens (tertiary/aromatic N) is 3. The molecule has 1 saturated carbocycles. The first-order valence-electron chi connectivity index (χ1n) is 11.5. The minimum absolute atomic E-state index is 0.125. The number of carbonyl (C=O) groups excluding carboxylic acids is 1. The number of hydrogen-bond donors (Lipinski definition) is 0. The van der Waals surface area contributed by atoms with Crippen molar-refractivity contribution < 1.29 is 27.4 Å². The number of anilines is 1. The molecule has 2 aliphatic heterocycles. The van der Waals surface area contributed by atoms with Gasteiger partial charge in [0.1, 0.15) is 0 Å². The number of carbonyl (C=O) groups is 1. The summed E-state index contributed by atoms with van der Waals surface area (Å²) >= 11 is 0. The molecule has 2 saturated heterocycles. The Kier molecular flexibility index (Phi) is 6.87. The highest BCUT2D eigenvalue weighted by molar-refractivity contribution is 5.81. The summed E-state index contributed by atoms with van der Waals surface area (Å²) in [5.41, 5.74) is -0.927. The number of nitriles is 1. The summed E-state index contributed by atoms with van der Waals surface area (Å²) in [6, 6.07) is 5.59. The highest BCUT2D eigenvalue weighted by Crippen LogP contribution is 2.47. The third-order valence-electron chi connectivity index (χ3n) is 7.36. The number of rotatable bonds is 7. The van der Waals surface area contributed by atoms with E-state index in [1.54, 1.807) is 19.2 Å². The van der Waals surface area contributed by atoms with Crippen molar-refractivity contribution in [3.8, 4) is 6.07 Å². The molecule has 3 fully saturated rings. The van der Waals surface area contributed by atoms with Crippen molar-refractivity contribution in [1.29, 1.82) is 5.26 Å². The van der Waals surface area contributed by atoms with Crippen molar-refractivity contribution in [2.45, 2.75) is 31.9 Å². The quantitative estimate of drug-likeness (QED) is 0.575. The van der Waals surface area contributed by atoms with Gasteiger partial charge in [-0.3, -0.25) is 4.79 Å². The minimum Gasteiger partial charge on any atom is -0.382 e. The van der Waals surface area contributed by atoms with E-state index in [9.17, 15) is 18.0 Å². The number of piperidine rings is 1. The molecule has 1 aliphatic carbocycles. The van der Waals surface area contributed by atoms with Crippen LogP contribution in [0.25, 0.3) is 0 Å². The molecule has 0 bridgehead atoms. The molecule has 0 aromatic heterocycles. The normalized spacial score (nSPS) is 22.6. The molecular formula is C24H30F3N3O3. The molecule has 1 atom stereocenters. The summed E-state index contributed by atoms with van der Waals surface area (Å²) in [6.45, 7) is 3.99. The smallest absolute Gasteiger partial charge is 0.382 e. The number of hydrogen-bond acceptors (Lipinski definition) is 5. The Balaban J connectivity index is 1.53. The van der Waals surface area contributed by atoms with Crippen LogP contribution in [-0.2, 0) is 20.4 Å². The van der Waals surface area contributed by atoms with Crippen molar-refractivity contribution in [3.63, 3.8) is 0 Å². The number of benzene rings is 1. The number of halogens is 3. The second-order valence-corrected chi connectivity index (χ2v) is 9.45. The van der Waals surface area contributed by atoms with E-state index < -0.39 is 11.7 Å². The lowest BCUT2D eigenvalue weighted by Crippen LogP contribution is -2.47. The van der Waals surface area contributed by atoms with Gasteiger partial charge in [-0.25, -0.2) is 0 Å². The summed E-state index contributed by atoms with van der Waals surface area (Å²) in [5.74, 6) is 0.568. The SMILES string of the molecule is COCCOCC1CN(c2ccc(C#N)c(C(F)(F)F)c2)CC12CCN(C(=O)C1CC1)CC2. The molecular weight excluding hydrogens is 435 g/mol. The molecule has 1 spiro atoms. The minimum atomic E-state index is -4.59. The van der Waals surface area contributed by atoms with Gasteiger partial charge in [-0.1, -0.05) is 0 Å². The predicted octanol–water partition coefficient (Wildman–Crippen LogP) is 3.70. The zero-order chi connectivity index (χ0) is 23.6. The fraction of sp³-hybridized carbons (Fsp3) is 0.667. The largest absolute Gasteiger partial charge is 0.417 e. The van der Waals surface area contributed by atoms with E-state index in [-0.39, 0.29) is 28.7 Å². The van der Waals surface area contributed by atoms with Crippen LogP contribution in [0, 0.1) is 28.6 Å². The van der Waals surface area contributed by atoms with E-state index in [1.807, 2.05) is 9.80 Å². The van der Waals surface area contributed by atoms with Gasteiger partial charge in [0.2, 0.25) is 5.91 Å². The average Bonchev–Trinajstić information content (AvgIpc) is 3.59. The van der Waals surface area contributed by atoms with Gasteiger partial charge < -0.3 is 19.3 Å². The summed E-state index contributed by atoms with van der Waals surface area (Å²) < 4.78 is 51.5. The van der Waals surface area contributed by atoms with Crippen molar-refractivity contribution in [2.75, 3.05) is 58.0 Å². The molecule has 9 heteroatoms. The zero-order valence-corrected chi connectivity index (χ0v) is 18.9. The van der Waals surface area contributed by atoms with Gasteiger partial charge in [-0.05, 0) is 49.3 Å². The second-order valence-electron chi connectivity index (χ2n) is 9.45. The van der Waals surface area contributed by atoms with E-state index in [1.165, 1.54) is 6.07 Å². The molecule has 4 rings (SSSR count). The Morgan fingerprint density at radius 3 is 2.58 bits per heavy atom. The number of methoxy groups -OCH3 is 1. The fourth-order valence-electron chi connectivity index (χ4n) is 5.22. The highest BCUT2D eigenvalue weighted by atomic mass is 19.4. The van der Waals surface area contributed by atoms with Crippen LogP contribution in [0.1, 0.15) is 36.8 Å². The van der Waals surface area contributed by atoms with Gasteiger partial charge in [0.25, 0.3) is 0 Å². The van der Waals surface area contributed by atoms with E-state index in [0.717, 1.165) is 31.7 Å². The Hall–Kier alpha value is -2.31. The van der Waals surface area contributed by atoms with Crippen LogP contribution in [0.2, 0.25) is 0 Å². The van der Waals surface area contributed by atoms with Crippen molar-refractivity contribution in [3.05, 3.63) is 29.3 Å². The number of amides is 1. The van der Waals surface area contributed by atoms with Crippen LogP contribution in [0.4, 0.5) is 18.9 Å². The van der Waals surface area contributed by atoms with E-state index in [2.05, 4.69) is 0 Å². The molecule has 1 amide bonds. The van der Waals surface area contributed by atoms with Crippen molar-refractivity contribution >= 4 is 11.6 Å². The van der Waals surface area contributed by atoms with Gasteiger partial charge in [0, 0.05) is 50.8 Å². The molecule has 1 aromatic rings. The number of ether oxygens (including phenoxy) is 2. The average molecular weight is 466 g/mol. The van der Waals surface area contributed by atoms with E-state index in [4.69, 9.17) is 14.7 Å². The Labute approximate surface area is 192 Å². The maximum Gasteiger partial charge on any atom is 0.417 e. The maximum atomic E-state index is 13.5. The van der Waals surface area contributed by atoms with Gasteiger partial charge in [-0.15, -0.1) is 0 Å². The summed E-state index contributed by atoms with van der Waals surface area (Å²) in [6.07, 6.45) is -1.02. The first-order valence-corrected chi connectivity index (χ1v) is 11.5. The highest BCUT2D eigenvalue weighted by Gasteiger charge is 2.49. The molecule has 33 heavy (non-hydrogen) atoms. The van der Waals surface area contributed by atoms with Gasteiger partial charge in [0.05, 0.1) is 37.0 Å². The molecule has 180 valence electrons.